The van der Waals surface area contributed by atoms with Crippen molar-refractivity contribution in [3.8, 4) is 0 Å². The van der Waals surface area contributed by atoms with E-state index in [1.807, 2.05) is 0 Å². The zero-order valence-corrected chi connectivity index (χ0v) is 10.9. The fourth-order valence-corrected chi connectivity index (χ4v) is 2.41. The number of aliphatic hydroxyl groups is 1. The van der Waals surface area contributed by atoms with Crippen LogP contribution in [0.4, 0.5) is 0 Å². The number of hydrogen-bond donors (Lipinski definition) is 1. The number of hydrogen-bond acceptors (Lipinski definition) is 2. The molecule has 3 heteroatoms. The van der Waals surface area contributed by atoms with E-state index >= 15 is 0 Å². The number of rotatable bonds is 4. The van der Waals surface area contributed by atoms with Gasteiger partial charge in [0.05, 0.1) is 18.8 Å². The fourth-order valence-electron chi connectivity index (χ4n) is 2.41. The van der Waals surface area contributed by atoms with Crippen LogP contribution in [0.5, 0.6) is 0 Å². The Morgan fingerprint density at radius 3 is 3.00 bits per heavy atom. The minimum atomic E-state index is -0.264. The van der Waals surface area contributed by atoms with Crippen LogP contribution in [-0.2, 0) is 17.7 Å². The Morgan fingerprint density at radius 1 is 1.41 bits per heavy atom. The first kappa shape index (κ1) is 12.7. The second-order valence-corrected chi connectivity index (χ2v) is 5.16. The van der Waals surface area contributed by atoms with Crippen LogP contribution in [0.3, 0.4) is 0 Å². The Hall–Kier alpha value is -0.800. The van der Waals surface area contributed by atoms with Crippen LogP contribution >= 0.6 is 0 Å². The van der Waals surface area contributed by atoms with E-state index in [1.165, 1.54) is 12.0 Å². The van der Waals surface area contributed by atoms with Gasteiger partial charge < -0.3 is 14.4 Å². The van der Waals surface area contributed by atoms with Crippen molar-refractivity contribution >= 4 is 0 Å². The van der Waals surface area contributed by atoms with Crippen molar-refractivity contribution in [3.63, 3.8) is 0 Å². The Balaban J connectivity index is 1.98. The molecule has 0 saturated carbocycles. The van der Waals surface area contributed by atoms with Gasteiger partial charge in [-0.2, -0.15) is 0 Å². The van der Waals surface area contributed by atoms with Crippen LogP contribution in [0.25, 0.3) is 0 Å². The summed E-state index contributed by atoms with van der Waals surface area (Å²) in [6, 6.07) is 0. The van der Waals surface area contributed by atoms with Gasteiger partial charge in [0.1, 0.15) is 0 Å². The second kappa shape index (κ2) is 5.69. The summed E-state index contributed by atoms with van der Waals surface area (Å²) >= 11 is 0. The molecular weight excluding hydrogens is 214 g/mol. The smallest absolute Gasteiger partial charge is 0.0807 e. The van der Waals surface area contributed by atoms with Gasteiger partial charge in [0, 0.05) is 24.5 Å². The molecule has 0 amide bonds. The average molecular weight is 237 g/mol. The second-order valence-electron chi connectivity index (χ2n) is 5.16. The van der Waals surface area contributed by atoms with E-state index in [2.05, 4.69) is 30.8 Å². The number of aromatic nitrogens is 1. The molecule has 1 aromatic rings. The van der Waals surface area contributed by atoms with Gasteiger partial charge in [0.2, 0.25) is 0 Å². The van der Waals surface area contributed by atoms with E-state index in [9.17, 15) is 5.11 Å². The molecule has 1 unspecified atom stereocenters. The number of nitrogens with zero attached hydrogens (tertiary/aromatic N) is 1. The van der Waals surface area contributed by atoms with Crippen molar-refractivity contribution < 1.29 is 9.84 Å². The van der Waals surface area contributed by atoms with Crippen LogP contribution in [0, 0.1) is 0 Å². The van der Waals surface area contributed by atoms with Gasteiger partial charge in [0.25, 0.3) is 0 Å². The molecule has 0 radical (unpaired) electrons. The van der Waals surface area contributed by atoms with Gasteiger partial charge in [0.15, 0.2) is 0 Å². The first-order valence-electron chi connectivity index (χ1n) is 6.65. The van der Waals surface area contributed by atoms with Crippen molar-refractivity contribution in [1.82, 2.24) is 4.57 Å². The predicted molar refractivity (Wildman–Crippen MR) is 68.0 cm³/mol. The van der Waals surface area contributed by atoms with Crippen molar-refractivity contribution in [2.75, 3.05) is 6.61 Å². The van der Waals surface area contributed by atoms with Gasteiger partial charge >= 0.3 is 0 Å². The summed E-state index contributed by atoms with van der Waals surface area (Å²) in [5, 5.41) is 10.0. The molecule has 1 aromatic heterocycles. The molecule has 96 valence electrons. The lowest BCUT2D eigenvalue weighted by Crippen LogP contribution is -2.09. The molecule has 0 fully saturated rings. The van der Waals surface area contributed by atoms with E-state index in [0.717, 1.165) is 38.0 Å². The molecule has 1 aliphatic rings. The molecule has 1 N–H and O–H groups in total. The quantitative estimate of drug-likeness (QED) is 0.817. The lowest BCUT2D eigenvalue weighted by Gasteiger charge is -2.08. The SMILES string of the molecule is CC(C)OCCn1cc2c(c1)C(O)CCCC2. The lowest BCUT2D eigenvalue weighted by atomic mass is 10.1. The summed E-state index contributed by atoms with van der Waals surface area (Å²) in [7, 11) is 0. The maximum atomic E-state index is 10.0. The molecule has 1 heterocycles. The van der Waals surface area contributed by atoms with Gasteiger partial charge in [-0.25, -0.2) is 0 Å². The molecule has 0 aliphatic heterocycles. The minimum Gasteiger partial charge on any atom is -0.388 e. The summed E-state index contributed by atoms with van der Waals surface area (Å²) in [5.41, 5.74) is 2.45. The Labute approximate surface area is 103 Å². The Bertz CT molecular complexity index is 357. The lowest BCUT2D eigenvalue weighted by molar-refractivity contribution is 0.0727. The zero-order valence-electron chi connectivity index (χ0n) is 10.9. The highest BCUT2D eigenvalue weighted by Gasteiger charge is 2.18. The van der Waals surface area contributed by atoms with Gasteiger partial charge in [-0.05, 0) is 38.7 Å². The van der Waals surface area contributed by atoms with Crippen LogP contribution < -0.4 is 0 Å². The standard InChI is InChI=1S/C14H23NO2/c1-11(2)17-8-7-15-9-12-5-3-4-6-14(16)13(12)10-15/h9-11,14,16H,3-8H2,1-2H3. The largest absolute Gasteiger partial charge is 0.388 e. The van der Waals surface area contributed by atoms with Gasteiger partial charge in [-0.15, -0.1) is 0 Å². The number of fused-ring (bicyclic) bond motifs is 1. The van der Waals surface area contributed by atoms with Crippen LogP contribution in [-0.4, -0.2) is 22.4 Å². The molecule has 0 saturated heterocycles. The van der Waals surface area contributed by atoms with E-state index in [1.54, 1.807) is 0 Å². The minimum absolute atomic E-state index is 0.264. The maximum Gasteiger partial charge on any atom is 0.0807 e. The molecule has 3 nitrogen and oxygen atoms in total. The molecular formula is C14H23NO2. The van der Waals surface area contributed by atoms with Crippen LogP contribution in [0.2, 0.25) is 0 Å². The summed E-state index contributed by atoms with van der Waals surface area (Å²) in [6.07, 6.45) is 8.61. The number of ether oxygens (including phenoxy) is 1. The summed E-state index contributed by atoms with van der Waals surface area (Å²) in [4.78, 5) is 0. The highest BCUT2D eigenvalue weighted by Crippen LogP contribution is 2.29. The van der Waals surface area contributed by atoms with Crippen molar-refractivity contribution in [2.45, 2.75) is 58.3 Å². The molecule has 0 aromatic carbocycles. The third kappa shape index (κ3) is 3.33. The van der Waals surface area contributed by atoms with Crippen LogP contribution in [0.15, 0.2) is 12.4 Å². The Kier molecular flexibility index (Phi) is 4.24. The zero-order chi connectivity index (χ0) is 12.3. The normalized spacial score (nSPS) is 20.4. The predicted octanol–water partition coefficient (Wildman–Crippen LogP) is 2.67. The Morgan fingerprint density at radius 2 is 2.24 bits per heavy atom. The van der Waals surface area contributed by atoms with E-state index in [-0.39, 0.29) is 12.2 Å². The monoisotopic (exact) mass is 237 g/mol. The summed E-state index contributed by atoms with van der Waals surface area (Å²) < 4.78 is 7.70. The summed E-state index contributed by atoms with van der Waals surface area (Å²) in [5.74, 6) is 0. The first-order chi connectivity index (χ1) is 8.16. The highest BCUT2D eigenvalue weighted by molar-refractivity contribution is 5.27. The topological polar surface area (TPSA) is 34.4 Å². The highest BCUT2D eigenvalue weighted by atomic mass is 16.5. The molecule has 17 heavy (non-hydrogen) atoms. The van der Waals surface area contributed by atoms with Gasteiger partial charge in [-0.1, -0.05) is 6.42 Å². The summed E-state index contributed by atoms with van der Waals surface area (Å²) in [6.45, 7) is 5.71. The first-order valence-corrected chi connectivity index (χ1v) is 6.65. The third-order valence-electron chi connectivity index (χ3n) is 3.33. The molecule has 1 aliphatic carbocycles. The number of aryl methyl sites for hydroxylation is 1. The average Bonchev–Trinajstić information content (AvgIpc) is 2.60. The van der Waals surface area contributed by atoms with Crippen molar-refractivity contribution in [1.29, 1.82) is 0 Å². The third-order valence-corrected chi connectivity index (χ3v) is 3.33. The van der Waals surface area contributed by atoms with Gasteiger partial charge in [-0.3, -0.25) is 0 Å². The molecule has 0 spiro atoms. The van der Waals surface area contributed by atoms with E-state index in [4.69, 9.17) is 4.74 Å². The van der Waals surface area contributed by atoms with Crippen molar-refractivity contribution in [3.05, 3.63) is 23.5 Å². The van der Waals surface area contributed by atoms with Crippen LogP contribution in [0.1, 0.15) is 50.3 Å². The number of aliphatic hydroxyl groups excluding tert-OH is 1. The molecule has 1 atom stereocenters. The van der Waals surface area contributed by atoms with E-state index < -0.39 is 0 Å². The molecule has 2 rings (SSSR count). The van der Waals surface area contributed by atoms with Crippen molar-refractivity contribution in [2.24, 2.45) is 0 Å². The van der Waals surface area contributed by atoms with E-state index in [0.29, 0.717) is 0 Å². The maximum absolute atomic E-state index is 10.0. The molecule has 0 bridgehead atoms. The fraction of sp³-hybridized carbons (Fsp3) is 0.714.